The maximum Gasteiger partial charge on any atom is 0.0794 e. The van der Waals surface area contributed by atoms with Crippen molar-refractivity contribution in [3.8, 4) is 22.3 Å². The molecular formula is C27H21N. The maximum absolute atomic E-state index is 5.27. The summed E-state index contributed by atoms with van der Waals surface area (Å²) in [4.78, 5) is 5.27. The van der Waals surface area contributed by atoms with E-state index in [2.05, 4.69) is 105 Å². The number of aliphatic imine (C=N–C) groups is 1. The van der Waals surface area contributed by atoms with Gasteiger partial charge in [0.25, 0.3) is 0 Å². The van der Waals surface area contributed by atoms with Crippen molar-refractivity contribution in [1.82, 2.24) is 0 Å². The SMILES string of the molecule is Cc1cc(C)c(N=C2c3ccccc3-c3ccccc32)c(-c2ccccc2)c1. The third-order valence-corrected chi connectivity index (χ3v) is 5.41. The molecule has 0 heterocycles. The topological polar surface area (TPSA) is 12.4 Å². The molecule has 1 aliphatic rings. The summed E-state index contributed by atoms with van der Waals surface area (Å²) in [5, 5.41) is 0. The molecule has 0 aliphatic heterocycles. The summed E-state index contributed by atoms with van der Waals surface area (Å²) in [5.41, 5.74) is 11.9. The second-order valence-corrected chi connectivity index (χ2v) is 7.40. The molecule has 0 amide bonds. The van der Waals surface area contributed by atoms with Crippen molar-refractivity contribution in [2.75, 3.05) is 0 Å². The lowest BCUT2D eigenvalue weighted by atomic mass is 9.97. The molecule has 0 bridgehead atoms. The highest BCUT2D eigenvalue weighted by Gasteiger charge is 2.24. The van der Waals surface area contributed by atoms with Gasteiger partial charge in [-0.1, -0.05) is 90.5 Å². The highest BCUT2D eigenvalue weighted by atomic mass is 14.8. The average molecular weight is 359 g/mol. The summed E-state index contributed by atoms with van der Waals surface area (Å²) in [6, 6.07) is 32.2. The Morgan fingerprint density at radius 2 is 1.07 bits per heavy atom. The number of hydrogen-bond donors (Lipinski definition) is 0. The molecule has 5 rings (SSSR count). The van der Waals surface area contributed by atoms with Crippen LogP contribution in [0, 0.1) is 13.8 Å². The van der Waals surface area contributed by atoms with Gasteiger partial charge in [-0.25, -0.2) is 4.99 Å². The van der Waals surface area contributed by atoms with Crippen molar-refractivity contribution in [3.05, 3.63) is 113 Å². The number of rotatable bonds is 2. The average Bonchev–Trinajstić information content (AvgIpc) is 3.04. The first-order valence-corrected chi connectivity index (χ1v) is 9.67. The predicted octanol–water partition coefficient (Wildman–Crippen LogP) is 7.12. The molecule has 4 aromatic carbocycles. The smallest absolute Gasteiger partial charge is 0.0794 e. The molecule has 0 N–H and O–H groups in total. The third-order valence-electron chi connectivity index (χ3n) is 5.41. The third kappa shape index (κ3) is 2.68. The van der Waals surface area contributed by atoms with Gasteiger partial charge in [0.15, 0.2) is 0 Å². The van der Waals surface area contributed by atoms with Crippen LogP contribution >= 0.6 is 0 Å². The van der Waals surface area contributed by atoms with E-state index in [0.29, 0.717) is 0 Å². The second-order valence-electron chi connectivity index (χ2n) is 7.40. The van der Waals surface area contributed by atoms with Crippen LogP contribution in [0.25, 0.3) is 22.3 Å². The van der Waals surface area contributed by atoms with Gasteiger partial charge in [0.1, 0.15) is 0 Å². The Labute approximate surface area is 166 Å². The van der Waals surface area contributed by atoms with E-state index in [1.54, 1.807) is 0 Å². The minimum absolute atomic E-state index is 1.05. The van der Waals surface area contributed by atoms with E-state index < -0.39 is 0 Å². The van der Waals surface area contributed by atoms with Gasteiger partial charge in [0.2, 0.25) is 0 Å². The van der Waals surface area contributed by atoms with Gasteiger partial charge >= 0.3 is 0 Å². The van der Waals surface area contributed by atoms with E-state index in [1.165, 1.54) is 44.5 Å². The van der Waals surface area contributed by atoms with Crippen LogP contribution in [-0.2, 0) is 0 Å². The van der Waals surface area contributed by atoms with Gasteiger partial charge in [-0.15, -0.1) is 0 Å². The normalized spacial score (nSPS) is 11.9. The van der Waals surface area contributed by atoms with Crippen molar-refractivity contribution in [3.63, 3.8) is 0 Å². The van der Waals surface area contributed by atoms with Crippen LogP contribution in [0.5, 0.6) is 0 Å². The monoisotopic (exact) mass is 359 g/mol. The van der Waals surface area contributed by atoms with Gasteiger partial charge in [0.05, 0.1) is 11.4 Å². The Balaban J connectivity index is 1.79. The van der Waals surface area contributed by atoms with Crippen LogP contribution in [0.15, 0.2) is 96.0 Å². The van der Waals surface area contributed by atoms with Crippen LogP contribution in [0.2, 0.25) is 0 Å². The predicted molar refractivity (Wildman–Crippen MR) is 119 cm³/mol. The fraction of sp³-hybridized carbons (Fsp3) is 0.0741. The highest BCUT2D eigenvalue weighted by Crippen LogP contribution is 2.40. The number of benzene rings is 4. The molecule has 134 valence electrons. The quantitative estimate of drug-likeness (QED) is 0.318. The van der Waals surface area contributed by atoms with Gasteiger partial charge in [0, 0.05) is 16.7 Å². The van der Waals surface area contributed by atoms with Crippen molar-refractivity contribution in [2.24, 2.45) is 4.99 Å². The molecular weight excluding hydrogens is 338 g/mol. The van der Waals surface area contributed by atoms with Gasteiger partial charge < -0.3 is 0 Å². The van der Waals surface area contributed by atoms with Crippen molar-refractivity contribution >= 4 is 11.4 Å². The van der Waals surface area contributed by atoms with E-state index in [0.717, 1.165) is 11.4 Å². The molecule has 1 nitrogen and oxygen atoms in total. The van der Waals surface area contributed by atoms with Crippen molar-refractivity contribution in [1.29, 1.82) is 0 Å². The van der Waals surface area contributed by atoms with E-state index in [4.69, 9.17) is 4.99 Å². The molecule has 0 aromatic heterocycles. The fourth-order valence-electron chi connectivity index (χ4n) is 4.17. The molecule has 0 fully saturated rings. The van der Waals surface area contributed by atoms with Crippen LogP contribution in [0.1, 0.15) is 22.3 Å². The van der Waals surface area contributed by atoms with Crippen LogP contribution < -0.4 is 0 Å². The zero-order valence-corrected chi connectivity index (χ0v) is 16.1. The first-order chi connectivity index (χ1) is 13.7. The zero-order chi connectivity index (χ0) is 19.1. The minimum atomic E-state index is 1.05. The van der Waals surface area contributed by atoms with Crippen molar-refractivity contribution in [2.45, 2.75) is 13.8 Å². The summed E-state index contributed by atoms with van der Waals surface area (Å²) in [6.07, 6.45) is 0. The molecule has 0 saturated carbocycles. The molecule has 0 atom stereocenters. The zero-order valence-electron chi connectivity index (χ0n) is 16.1. The van der Waals surface area contributed by atoms with Crippen LogP contribution in [-0.4, -0.2) is 5.71 Å². The Bertz CT molecular complexity index is 1170. The van der Waals surface area contributed by atoms with E-state index >= 15 is 0 Å². The summed E-state index contributed by atoms with van der Waals surface area (Å²) >= 11 is 0. The maximum atomic E-state index is 5.27. The van der Waals surface area contributed by atoms with E-state index in [9.17, 15) is 0 Å². The molecule has 1 aliphatic carbocycles. The summed E-state index contributed by atoms with van der Waals surface area (Å²) in [7, 11) is 0. The first kappa shape index (κ1) is 16.7. The van der Waals surface area contributed by atoms with E-state index in [1.807, 2.05) is 0 Å². The number of hydrogen-bond acceptors (Lipinski definition) is 1. The Morgan fingerprint density at radius 3 is 1.68 bits per heavy atom. The van der Waals surface area contributed by atoms with Gasteiger partial charge in [-0.05, 0) is 42.2 Å². The van der Waals surface area contributed by atoms with Crippen molar-refractivity contribution < 1.29 is 0 Å². The number of fused-ring (bicyclic) bond motifs is 3. The number of aryl methyl sites for hydroxylation is 2. The molecule has 1 heteroatoms. The highest BCUT2D eigenvalue weighted by molar-refractivity contribution is 6.25. The van der Waals surface area contributed by atoms with Crippen LogP contribution in [0.3, 0.4) is 0 Å². The lowest BCUT2D eigenvalue weighted by molar-refractivity contribution is 1.34. The minimum Gasteiger partial charge on any atom is -0.247 e. The molecule has 0 radical (unpaired) electrons. The lowest BCUT2D eigenvalue weighted by Gasteiger charge is -2.13. The summed E-state index contributed by atoms with van der Waals surface area (Å²) < 4.78 is 0. The molecule has 0 unspecified atom stereocenters. The van der Waals surface area contributed by atoms with Crippen LogP contribution in [0.4, 0.5) is 5.69 Å². The first-order valence-electron chi connectivity index (χ1n) is 9.67. The number of nitrogens with zero attached hydrogens (tertiary/aromatic N) is 1. The van der Waals surface area contributed by atoms with Gasteiger partial charge in [-0.3, -0.25) is 0 Å². The Kier molecular flexibility index (Phi) is 3.95. The van der Waals surface area contributed by atoms with E-state index in [-0.39, 0.29) is 0 Å². The Morgan fingerprint density at radius 1 is 0.536 bits per heavy atom. The summed E-state index contributed by atoms with van der Waals surface area (Å²) in [5.74, 6) is 0. The Hall–Kier alpha value is -3.45. The second kappa shape index (κ2) is 6.61. The summed E-state index contributed by atoms with van der Waals surface area (Å²) in [6.45, 7) is 4.31. The molecule has 0 saturated heterocycles. The largest absolute Gasteiger partial charge is 0.247 e. The standard InChI is InChI=1S/C27H21N/c1-18-16-19(2)26(25(17-18)20-10-4-3-5-11-20)28-27-23-14-8-6-12-21(23)22-13-7-9-15-24(22)27/h3-17H,1-2H3. The molecule has 28 heavy (non-hydrogen) atoms. The lowest BCUT2D eigenvalue weighted by Crippen LogP contribution is -1.98. The molecule has 4 aromatic rings. The van der Waals surface area contributed by atoms with Gasteiger partial charge in [-0.2, -0.15) is 0 Å². The fourth-order valence-corrected chi connectivity index (χ4v) is 4.17. The molecule has 0 spiro atoms.